The number of hydrogen-bond donors (Lipinski definition) is 4. The highest BCUT2D eigenvalue weighted by Crippen LogP contribution is 2.59. The Bertz CT molecular complexity index is 1190. The van der Waals surface area contributed by atoms with E-state index in [1.54, 1.807) is 4.90 Å². The molecule has 1 spiro atoms. The number of rotatable bonds is 7. The number of ether oxygens (including phenoxy) is 1. The van der Waals surface area contributed by atoms with Gasteiger partial charge in [-0.2, -0.15) is 0 Å². The average molecular weight is 538 g/mol. The Labute approximate surface area is 225 Å². The number of aliphatic hydroxyl groups is 1. The van der Waals surface area contributed by atoms with Crippen molar-refractivity contribution < 1.29 is 24.2 Å². The van der Waals surface area contributed by atoms with Crippen LogP contribution in [0.25, 0.3) is 0 Å². The van der Waals surface area contributed by atoms with Crippen molar-refractivity contribution in [3.63, 3.8) is 0 Å². The van der Waals surface area contributed by atoms with Crippen molar-refractivity contribution in [3.05, 3.63) is 59.7 Å². The fraction of sp³-hybridized carbons (Fsp3) is 0.517. The standard InChI is InChI=1S/C29H39N3O5Si/c1-19-26(38(2,3)36)25(13-15-33)37-29(19)23-11-4-5-12-24(23)32(28(29)35)18-20-8-6-10-22(16-20)31-27(34)21-9-7-14-30-17-21/h4-6,8,10-12,16,19,21,25-26,30,33,36H,7,9,13-15,17-18H2,1-3H3,(H,31,34)/t19-,21?,25+,26-,29+/m0/s1. The smallest absolute Gasteiger partial charge is 0.264 e. The number of piperidine rings is 1. The van der Waals surface area contributed by atoms with Gasteiger partial charge in [0.1, 0.15) is 0 Å². The van der Waals surface area contributed by atoms with Gasteiger partial charge in [-0.15, -0.1) is 0 Å². The van der Waals surface area contributed by atoms with Crippen LogP contribution < -0.4 is 15.5 Å². The van der Waals surface area contributed by atoms with Gasteiger partial charge in [-0.1, -0.05) is 37.3 Å². The first kappa shape index (κ1) is 27.0. The lowest BCUT2D eigenvalue weighted by Gasteiger charge is -2.32. The van der Waals surface area contributed by atoms with Crippen molar-refractivity contribution in [1.82, 2.24) is 5.32 Å². The quantitative estimate of drug-likeness (QED) is 0.403. The van der Waals surface area contributed by atoms with Crippen LogP contribution in [0.4, 0.5) is 11.4 Å². The molecule has 5 atom stereocenters. The number of benzene rings is 2. The lowest BCUT2D eigenvalue weighted by Crippen LogP contribution is -2.46. The molecule has 3 aliphatic rings. The number of aliphatic hydroxyl groups excluding tert-OH is 1. The number of carbonyl (C=O) groups excluding carboxylic acids is 2. The third-order valence-electron chi connectivity index (χ3n) is 8.51. The van der Waals surface area contributed by atoms with E-state index in [0.717, 1.165) is 36.2 Å². The number of nitrogens with one attached hydrogen (secondary N) is 2. The summed E-state index contributed by atoms with van der Waals surface area (Å²) in [6.45, 7) is 7.67. The Morgan fingerprint density at radius 3 is 2.74 bits per heavy atom. The monoisotopic (exact) mass is 537 g/mol. The first-order chi connectivity index (χ1) is 18.2. The predicted molar refractivity (Wildman–Crippen MR) is 149 cm³/mol. The number of fused-ring (bicyclic) bond motifs is 2. The molecule has 0 bridgehead atoms. The van der Waals surface area contributed by atoms with Crippen LogP contribution in [0, 0.1) is 11.8 Å². The van der Waals surface area contributed by atoms with E-state index in [2.05, 4.69) is 10.6 Å². The fourth-order valence-electron chi connectivity index (χ4n) is 6.84. The second-order valence-electron chi connectivity index (χ2n) is 11.5. The van der Waals surface area contributed by atoms with Crippen LogP contribution in [-0.2, 0) is 26.5 Å². The van der Waals surface area contributed by atoms with Crippen LogP contribution in [0.5, 0.6) is 0 Å². The lowest BCUT2D eigenvalue weighted by atomic mass is 9.82. The maximum Gasteiger partial charge on any atom is 0.264 e. The van der Waals surface area contributed by atoms with Gasteiger partial charge >= 0.3 is 0 Å². The molecule has 1 unspecified atom stereocenters. The first-order valence-corrected chi connectivity index (χ1v) is 16.7. The fourth-order valence-corrected chi connectivity index (χ4v) is 9.44. The molecule has 204 valence electrons. The van der Waals surface area contributed by atoms with Crippen molar-refractivity contribution in [1.29, 1.82) is 0 Å². The van der Waals surface area contributed by atoms with Crippen molar-refractivity contribution in [2.24, 2.45) is 11.8 Å². The van der Waals surface area contributed by atoms with Crippen LogP contribution in [0.3, 0.4) is 0 Å². The number of carbonyl (C=O) groups is 2. The van der Waals surface area contributed by atoms with E-state index in [1.165, 1.54) is 0 Å². The minimum absolute atomic E-state index is 0.0147. The molecule has 2 saturated heterocycles. The van der Waals surface area contributed by atoms with E-state index in [0.29, 0.717) is 25.2 Å². The molecule has 0 aliphatic carbocycles. The Morgan fingerprint density at radius 1 is 1.24 bits per heavy atom. The zero-order valence-electron chi connectivity index (χ0n) is 22.4. The second-order valence-corrected chi connectivity index (χ2v) is 15.5. The third kappa shape index (κ3) is 4.71. The van der Waals surface area contributed by atoms with Crippen LogP contribution in [-0.4, -0.2) is 55.8 Å². The number of nitrogens with zero attached hydrogens (tertiary/aromatic N) is 1. The van der Waals surface area contributed by atoms with Gasteiger partial charge in [-0.3, -0.25) is 9.59 Å². The molecular formula is C29H39N3O5Si. The minimum Gasteiger partial charge on any atom is -0.432 e. The van der Waals surface area contributed by atoms with E-state index in [9.17, 15) is 19.5 Å². The highest BCUT2D eigenvalue weighted by atomic mass is 28.4. The summed E-state index contributed by atoms with van der Waals surface area (Å²) in [6, 6.07) is 15.4. The molecule has 38 heavy (non-hydrogen) atoms. The predicted octanol–water partition coefficient (Wildman–Crippen LogP) is 3.35. The Kier molecular flexibility index (Phi) is 7.50. The summed E-state index contributed by atoms with van der Waals surface area (Å²) < 4.78 is 6.61. The summed E-state index contributed by atoms with van der Waals surface area (Å²) in [5, 5.41) is 16.1. The molecule has 2 aromatic rings. The van der Waals surface area contributed by atoms with Crippen molar-refractivity contribution >= 4 is 31.5 Å². The van der Waals surface area contributed by atoms with Crippen LogP contribution >= 0.6 is 0 Å². The van der Waals surface area contributed by atoms with Gasteiger partial charge in [0.15, 0.2) is 13.9 Å². The molecule has 3 heterocycles. The number of amides is 2. The maximum atomic E-state index is 14.3. The Balaban J connectivity index is 1.43. The maximum absolute atomic E-state index is 14.3. The Hall–Kier alpha value is -2.56. The Morgan fingerprint density at radius 2 is 2.03 bits per heavy atom. The van der Waals surface area contributed by atoms with E-state index < -0.39 is 20.0 Å². The van der Waals surface area contributed by atoms with Crippen LogP contribution in [0.15, 0.2) is 48.5 Å². The molecule has 0 aromatic heterocycles. The summed E-state index contributed by atoms with van der Waals surface area (Å²) in [6.07, 6.45) is 1.85. The first-order valence-electron chi connectivity index (χ1n) is 13.7. The molecule has 0 radical (unpaired) electrons. The summed E-state index contributed by atoms with van der Waals surface area (Å²) in [4.78, 5) is 40.0. The summed E-state index contributed by atoms with van der Waals surface area (Å²) in [5.74, 6) is -0.419. The van der Waals surface area contributed by atoms with Gasteiger partial charge in [-0.05, 0) is 62.7 Å². The lowest BCUT2D eigenvalue weighted by molar-refractivity contribution is -0.146. The van der Waals surface area contributed by atoms with Crippen molar-refractivity contribution in [2.45, 2.75) is 63.1 Å². The molecule has 0 saturated carbocycles. The van der Waals surface area contributed by atoms with E-state index in [-0.39, 0.29) is 35.8 Å². The highest BCUT2D eigenvalue weighted by molar-refractivity contribution is 6.71. The zero-order chi connectivity index (χ0) is 27.1. The largest absolute Gasteiger partial charge is 0.432 e. The van der Waals surface area contributed by atoms with Gasteiger partial charge in [0.05, 0.1) is 24.3 Å². The van der Waals surface area contributed by atoms with Crippen LogP contribution in [0.1, 0.15) is 37.3 Å². The van der Waals surface area contributed by atoms with Gasteiger partial charge in [0.2, 0.25) is 5.91 Å². The van der Waals surface area contributed by atoms with Gasteiger partial charge in [0.25, 0.3) is 5.91 Å². The van der Waals surface area contributed by atoms with Crippen LogP contribution in [0.2, 0.25) is 18.6 Å². The SMILES string of the molecule is C[C@H]1[C@H]([Si](C)(C)O)[C@@H](CCO)O[C@]12C(=O)N(Cc1cccc(NC(=O)C3CCCNC3)c1)c1ccccc12. The van der Waals surface area contributed by atoms with E-state index in [1.807, 2.05) is 68.5 Å². The molecule has 9 heteroatoms. The van der Waals surface area contributed by atoms with Crippen molar-refractivity contribution in [3.8, 4) is 0 Å². The van der Waals surface area contributed by atoms with Gasteiger partial charge in [-0.25, -0.2) is 0 Å². The minimum atomic E-state index is -2.72. The van der Waals surface area contributed by atoms with Crippen molar-refractivity contribution in [2.75, 3.05) is 29.9 Å². The normalized spacial score (nSPS) is 29.1. The van der Waals surface area contributed by atoms with E-state index >= 15 is 0 Å². The molecular weight excluding hydrogens is 498 g/mol. The molecule has 5 rings (SSSR count). The third-order valence-corrected chi connectivity index (χ3v) is 11.0. The summed E-state index contributed by atoms with van der Waals surface area (Å²) in [7, 11) is -2.72. The summed E-state index contributed by atoms with van der Waals surface area (Å²) in [5.41, 5.74) is 1.83. The van der Waals surface area contributed by atoms with E-state index in [4.69, 9.17) is 4.74 Å². The molecule has 2 aromatic carbocycles. The number of hydrogen-bond acceptors (Lipinski definition) is 6. The van der Waals surface area contributed by atoms with Gasteiger partial charge < -0.3 is 30.2 Å². The highest BCUT2D eigenvalue weighted by Gasteiger charge is 2.65. The topological polar surface area (TPSA) is 111 Å². The molecule has 2 fully saturated rings. The van der Waals surface area contributed by atoms with Gasteiger partial charge in [0, 0.05) is 35.9 Å². The second kappa shape index (κ2) is 10.5. The number of para-hydroxylation sites is 1. The molecule has 3 aliphatic heterocycles. The average Bonchev–Trinajstić information content (AvgIpc) is 3.32. The number of anilines is 2. The zero-order valence-corrected chi connectivity index (χ0v) is 23.4. The molecule has 4 N–H and O–H groups in total. The molecule has 2 amide bonds. The molecule has 8 nitrogen and oxygen atoms in total. The summed E-state index contributed by atoms with van der Waals surface area (Å²) >= 11 is 0.